The highest BCUT2D eigenvalue weighted by Gasteiger charge is 2.26. The van der Waals surface area contributed by atoms with E-state index in [-0.39, 0.29) is 0 Å². The van der Waals surface area contributed by atoms with Gasteiger partial charge in [-0.2, -0.15) is 0 Å². The summed E-state index contributed by atoms with van der Waals surface area (Å²) in [5, 5.41) is 0. The predicted molar refractivity (Wildman–Crippen MR) is 61.4 cm³/mol. The Morgan fingerprint density at radius 1 is 1.14 bits per heavy atom. The third-order valence-corrected chi connectivity index (χ3v) is 3.21. The Morgan fingerprint density at radius 2 is 1.86 bits per heavy atom. The van der Waals surface area contributed by atoms with Gasteiger partial charge in [-0.15, -0.1) is 0 Å². The van der Waals surface area contributed by atoms with Crippen LogP contribution in [0.4, 0.5) is 0 Å². The van der Waals surface area contributed by atoms with Gasteiger partial charge >= 0.3 is 0 Å². The van der Waals surface area contributed by atoms with Crippen LogP contribution in [0.1, 0.15) is 25.7 Å². The van der Waals surface area contributed by atoms with Gasteiger partial charge in [-0.05, 0) is 53.5 Å². The van der Waals surface area contributed by atoms with Crippen LogP contribution in [0, 0.1) is 0 Å². The van der Waals surface area contributed by atoms with Crippen molar-refractivity contribution in [3.63, 3.8) is 0 Å². The fourth-order valence-corrected chi connectivity index (χ4v) is 2.32. The molecule has 3 nitrogen and oxygen atoms in total. The second kappa shape index (κ2) is 5.69. The van der Waals surface area contributed by atoms with E-state index in [1.165, 1.54) is 38.8 Å². The molecule has 0 aromatic heterocycles. The summed E-state index contributed by atoms with van der Waals surface area (Å²) in [6.07, 6.45) is 5.05. The molecule has 0 saturated heterocycles. The van der Waals surface area contributed by atoms with Crippen LogP contribution in [0.15, 0.2) is 0 Å². The molecule has 14 heavy (non-hydrogen) atoms. The second-order valence-electron chi connectivity index (χ2n) is 4.80. The van der Waals surface area contributed by atoms with Gasteiger partial charge in [-0.3, -0.25) is 0 Å². The Balaban J connectivity index is 2.17. The highest BCUT2D eigenvalue weighted by molar-refractivity contribution is 4.86. The quantitative estimate of drug-likeness (QED) is 0.709. The van der Waals surface area contributed by atoms with Crippen molar-refractivity contribution >= 4 is 0 Å². The smallest absolute Gasteiger partial charge is 0.0244 e. The minimum atomic E-state index is 0.416. The molecule has 1 rings (SSSR count). The molecule has 1 aliphatic carbocycles. The first-order valence-electron chi connectivity index (χ1n) is 5.72. The maximum absolute atomic E-state index is 6.06. The Labute approximate surface area is 88.2 Å². The Hall–Kier alpha value is -0.120. The van der Waals surface area contributed by atoms with E-state index in [2.05, 4.69) is 30.9 Å². The molecule has 1 fully saturated rings. The van der Waals surface area contributed by atoms with Gasteiger partial charge in [0, 0.05) is 12.1 Å². The topological polar surface area (TPSA) is 32.5 Å². The lowest BCUT2D eigenvalue weighted by Crippen LogP contribution is -2.43. The molecule has 3 heteroatoms. The van der Waals surface area contributed by atoms with Crippen LogP contribution in [0.5, 0.6) is 0 Å². The first-order valence-corrected chi connectivity index (χ1v) is 5.72. The molecule has 0 spiro atoms. The molecular formula is C11H25N3. The van der Waals surface area contributed by atoms with Gasteiger partial charge in [0.1, 0.15) is 0 Å². The van der Waals surface area contributed by atoms with E-state index >= 15 is 0 Å². The van der Waals surface area contributed by atoms with Gasteiger partial charge in [0.25, 0.3) is 0 Å². The fraction of sp³-hybridized carbons (Fsp3) is 1.00. The van der Waals surface area contributed by atoms with E-state index in [1.54, 1.807) is 0 Å². The summed E-state index contributed by atoms with van der Waals surface area (Å²) in [4.78, 5) is 4.68. The summed E-state index contributed by atoms with van der Waals surface area (Å²) in [5.41, 5.74) is 6.06. The molecule has 2 N–H and O–H groups in total. The minimum absolute atomic E-state index is 0.416. The zero-order valence-corrected chi connectivity index (χ0v) is 9.87. The third kappa shape index (κ3) is 3.56. The van der Waals surface area contributed by atoms with Crippen LogP contribution in [-0.4, -0.2) is 56.1 Å². The lowest BCUT2D eigenvalue weighted by molar-refractivity contribution is 0.217. The van der Waals surface area contributed by atoms with Crippen LogP contribution in [0.3, 0.4) is 0 Å². The van der Waals surface area contributed by atoms with Gasteiger partial charge in [0.2, 0.25) is 0 Å². The van der Waals surface area contributed by atoms with Gasteiger partial charge in [0.05, 0.1) is 0 Å². The van der Waals surface area contributed by atoms with Gasteiger partial charge in [-0.1, -0.05) is 6.42 Å². The van der Waals surface area contributed by atoms with E-state index < -0.39 is 0 Å². The molecule has 84 valence electrons. The van der Waals surface area contributed by atoms with Crippen molar-refractivity contribution in [2.75, 3.05) is 34.2 Å². The molecule has 0 aliphatic heterocycles. The Morgan fingerprint density at radius 3 is 2.36 bits per heavy atom. The highest BCUT2D eigenvalue weighted by Crippen LogP contribution is 2.21. The standard InChI is InChI=1S/C11H25N3/c1-13(2)8-5-9-14(3)11-7-4-6-10(11)12/h10-11H,4-9,12H2,1-3H3. The maximum atomic E-state index is 6.06. The van der Waals surface area contributed by atoms with Crippen LogP contribution < -0.4 is 5.73 Å². The Bertz CT molecular complexity index is 159. The van der Waals surface area contributed by atoms with Crippen LogP contribution in [-0.2, 0) is 0 Å². The molecule has 0 aromatic carbocycles. The average Bonchev–Trinajstić information content (AvgIpc) is 2.50. The van der Waals surface area contributed by atoms with Crippen molar-refractivity contribution in [1.82, 2.24) is 9.80 Å². The van der Waals surface area contributed by atoms with Crippen molar-refractivity contribution < 1.29 is 0 Å². The fourth-order valence-electron chi connectivity index (χ4n) is 2.32. The van der Waals surface area contributed by atoms with Crippen molar-refractivity contribution in [2.24, 2.45) is 5.73 Å². The van der Waals surface area contributed by atoms with Gasteiger partial charge < -0.3 is 15.5 Å². The summed E-state index contributed by atoms with van der Waals surface area (Å²) in [6, 6.07) is 1.05. The Kier molecular flexibility index (Phi) is 4.85. The van der Waals surface area contributed by atoms with Crippen molar-refractivity contribution in [3.05, 3.63) is 0 Å². The first-order chi connectivity index (χ1) is 6.61. The molecule has 0 radical (unpaired) electrons. The summed E-state index contributed by atoms with van der Waals surface area (Å²) in [7, 11) is 6.47. The number of hydrogen-bond donors (Lipinski definition) is 1. The lowest BCUT2D eigenvalue weighted by Gasteiger charge is -2.28. The molecule has 0 heterocycles. The molecular weight excluding hydrogens is 174 g/mol. The van der Waals surface area contributed by atoms with E-state index in [9.17, 15) is 0 Å². The van der Waals surface area contributed by atoms with Crippen LogP contribution in [0.25, 0.3) is 0 Å². The SMILES string of the molecule is CN(C)CCCN(C)C1CCCC1N. The number of hydrogen-bond acceptors (Lipinski definition) is 3. The van der Waals surface area contributed by atoms with E-state index in [4.69, 9.17) is 5.73 Å². The molecule has 0 amide bonds. The third-order valence-electron chi connectivity index (χ3n) is 3.21. The van der Waals surface area contributed by atoms with Crippen LogP contribution in [0.2, 0.25) is 0 Å². The predicted octanol–water partition coefficient (Wildman–Crippen LogP) is 0.750. The largest absolute Gasteiger partial charge is 0.326 e. The molecule has 2 atom stereocenters. The number of likely N-dealkylation sites (N-methyl/N-ethyl adjacent to an activating group) is 1. The van der Waals surface area contributed by atoms with Crippen molar-refractivity contribution in [1.29, 1.82) is 0 Å². The van der Waals surface area contributed by atoms with Crippen molar-refractivity contribution in [3.8, 4) is 0 Å². The average molecular weight is 199 g/mol. The monoisotopic (exact) mass is 199 g/mol. The molecule has 1 saturated carbocycles. The van der Waals surface area contributed by atoms with Gasteiger partial charge in [0.15, 0.2) is 0 Å². The normalized spacial score (nSPS) is 27.9. The minimum Gasteiger partial charge on any atom is -0.326 e. The summed E-state index contributed by atoms with van der Waals surface area (Å²) >= 11 is 0. The number of nitrogens with two attached hydrogens (primary N) is 1. The molecule has 0 aromatic rings. The number of rotatable bonds is 5. The van der Waals surface area contributed by atoms with E-state index in [0.29, 0.717) is 12.1 Å². The number of nitrogens with zero attached hydrogens (tertiary/aromatic N) is 2. The second-order valence-corrected chi connectivity index (χ2v) is 4.80. The lowest BCUT2D eigenvalue weighted by atomic mass is 10.1. The maximum Gasteiger partial charge on any atom is 0.0244 e. The molecule has 2 unspecified atom stereocenters. The van der Waals surface area contributed by atoms with E-state index in [0.717, 1.165) is 0 Å². The molecule has 1 aliphatic rings. The first kappa shape index (κ1) is 12.0. The summed E-state index contributed by atoms with van der Waals surface area (Å²) < 4.78 is 0. The molecule has 0 bridgehead atoms. The van der Waals surface area contributed by atoms with Gasteiger partial charge in [-0.25, -0.2) is 0 Å². The van der Waals surface area contributed by atoms with E-state index in [1.807, 2.05) is 0 Å². The highest BCUT2D eigenvalue weighted by atomic mass is 15.2. The van der Waals surface area contributed by atoms with Crippen LogP contribution >= 0.6 is 0 Å². The summed E-state index contributed by atoms with van der Waals surface area (Å²) in [5.74, 6) is 0. The summed E-state index contributed by atoms with van der Waals surface area (Å²) in [6.45, 7) is 2.35. The zero-order chi connectivity index (χ0) is 10.6. The zero-order valence-electron chi connectivity index (χ0n) is 9.87. The van der Waals surface area contributed by atoms with Crippen molar-refractivity contribution in [2.45, 2.75) is 37.8 Å².